The zero-order valence-electron chi connectivity index (χ0n) is 32.2. The fourth-order valence-electron chi connectivity index (χ4n) is 9.03. The van der Waals surface area contributed by atoms with Crippen molar-refractivity contribution in [2.45, 2.75) is 82.2 Å². The van der Waals surface area contributed by atoms with Crippen LogP contribution in [-0.4, -0.2) is 83.7 Å². The molecule has 1 aliphatic carbocycles. The normalized spacial score (nSPS) is 21.5. The average molecular weight is 797 g/mol. The van der Waals surface area contributed by atoms with Crippen LogP contribution in [0.1, 0.15) is 85.3 Å². The summed E-state index contributed by atoms with van der Waals surface area (Å²) >= 11 is 0. The van der Waals surface area contributed by atoms with Gasteiger partial charge < -0.3 is 24.4 Å². The van der Waals surface area contributed by atoms with Crippen molar-refractivity contribution in [1.82, 2.24) is 25.1 Å². The van der Waals surface area contributed by atoms with Crippen molar-refractivity contribution in [3.05, 3.63) is 83.7 Å². The molecular formula is C43H47F3N8O4. The molecule has 8 rings (SSSR count). The van der Waals surface area contributed by atoms with Gasteiger partial charge in [-0.3, -0.25) is 19.8 Å². The number of pyridine rings is 1. The molecule has 15 heteroatoms. The summed E-state index contributed by atoms with van der Waals surface area (Å²) in [7, 11) is 0. The number of halogens is 3. The minimum absolute atomic E-state index is 0.0734. The quantitative estimate of drug-likeness (QED) is 0.184. The zero-order valence-corrected chi connectivity index (χ0v) is 32.2. The molecule has 5 heterocycles. The number of hydrogen-bond acceptors (Lipinski definition) is 8. The number of hydrogen-bond donors (Lipinski definition) is 2. The van der Waals surface area contributed by atoms with Gasteiger partial charge in [0.2, 0.25) is 5.91 Å². The number of benzene rings is 2. The third-order valence-corrected chi connectivity index (χ3v) is 12.2. The Kier molecular flexibility index (Phi) is 11.3. The number of nitriles is 1. The van der Waals surface area contributed by atoms with Gasteiger partial charge in [-0.1, -0.05) is 6.07 Å². The van der Waals surface area contributed by atoms with Gasteiger partial charge in [0, 0.05) is 75.6 Å². The van der Waals surface area contributed by atoms with Crippen molar-refractivity contribution in [3.63, 3.8) is 0 Å². The molecule has 3 saturated heterocycles. The van der Waals surface area contributed by atoms with E-state index in [1.165, 1.54) is 6.07 Å². The van der Waals surface area contributed by atoms with E-state index in [4.69, 9.17) is 10.00 Å². The van der Waals surface area contributed by atoms with Crippen molar-refractivity contribution in [2.75, 3.05) is 49.1 Å². The lowest BCUT2D eigenvalue weighted by Crippen LogP contribution is -2.49. The fraction of sp³-hybridized carbons (Fsp3) is 0.465. The van der Waals surface area contributed by atoms with E-state index in [-0.39, 0.29) is 35.7 Å². The Balaban J connectivity index is 0.759. The molecule has 3 aliphatic heterocycles. The van der Waals surface area contributed by atoms with Gasteiger partial charge in [-0.15, -0.1) is 0 Å². The van der Waals surface area contributed by atoms with E-state index in [1.54, 1.807) is 17.2 Å². The van der Waals surface area contributed by atoms with Crippen LogP contribution >= 0.6 is 0 Å². The third kappa shape index (κ3) is 8.62. The third-order valence-electron chi connectivity index (χ3n) is 12.2. The van der Waals surface area contributed by atoms with Crippen molar-refractivity contribution in [1.29, 1.82) is 5.26 Å². The summed E-state index contributed by atoms with van der Waals surface area (Å²) in [6.07, 6.45) is 5.83. The molecule has 4 aromatic rings. The van der Waals surface area contributed by atoms with Gasteiger partial charge in [-0.25, -0.2) is 9.78 Å². The van der Waals surface area contributed by atoms with E-state index in [0.717, 1.165) is 92.9 Å². The number of alkyl halides is 3. The average Bonchev–Trinajstić information content (AvgIpc) is 3.67. The predicted molar refractivity (Wildman–Crippen MR) is 212 cm³/mol. The summed E-state index contributed by atoms with van der Waals surface area (Å²) in [6.45, 7) is 5.34. The van der Waals surface area contributed by atoms with Gasteiger partial charge >= 0.3 is 12.2 Å². The maximum absolute atomic E-state index is 13.4. The zero-order chi connectivity index (χ0) is 40.4. The fourth-order valence-corrected chi connectivity index (χ4v) is 9.03. The molecule has 0 unspecified atom stereocenters. The van der Waals surface area contributed by atoms with Gasteiger partial charge in [0.1, 0.15) is 11.6 Å². The number of fused-ring (bicyclic) bond motifs is 1. The second kappa shape index (κ2) is 16.7. The topological polar surface area (TPSA) is 136 Å². The van der Waals surface area contributed by atoms with Crippen LogP contribution in [0.3, 0.4) is 0 Å². The van der Waals surface area contributed by atoms with Crippen LogP contribution in [0.4, 0.5) is 29.5 Å². The number of carbonyl (C=O) groups is 3. The standard InChI is InChI=1S/C43H47F3N8O4/c44-43(45,46)36-24-34(8-4-29(36)25-47)58-33-9-6-31(7-10-33)49-41(56)30-5-11-39(48-26-30)52-20-12-28(13-21-52)27-51-18-14-32(15-19-51)53-22-16-35-37(53)2-1-3-38(35)54-23-17-40(55)50-42(54)57/h1-5,8,11,16,22,24,26,28,31-33H,6-7,9-10,12-15,17-21,23,27H2,(H,49,56)(H,50,55,57)/t31-,33-. The lowest BCUT2D eigenvalue weighted by Gasteiger charge is -2.38. The number of anilines is 2. The van der Waals surface area contributed by atoms with Gasteiger partial charge in [0.05, 0.1) is 40.1 Å². The molecule has 12 nitrogen and oxygen atoms in total. The van der Waals surface area contributed by atoms with Crippen molar-refractivity contribution < 1.29 is 32.3 Å². The predicted octanol–water partition coefficient (Wildman–Crippen LogP) is 7.05. The Morgan fingerprint density at radius 1 is 0.931 bits per heavy atom. The van der Waals surface area contributed by atoms with Crippen LogP contribution in [-0.2, 0) is 11.0 Å². The number of nitrogens with zero attached hydrogens (tertiary/aromatic N) is 6. The number of aromatic nitrogens is 2. The minimum Gasteiger partial charge on any atom is -0.490 e. The monoisotopic (exact) mass is 796 g/mol. The number of rotatable bonds is 9. The number of piperidine rings is 2. The molecule has 4 amide bonds. The van der Waals surface area contributed by atoms with Crippen LogP contribution < -0.4 is 25.2 Å². The number of likely N-dealkylation sites (tertiary alicyclic amines) is 1. The minimum atomic E-state index is -4.64. The van der Waals surface area contributed by atoms with Crippen LogP contribution in [0.15, 0.2) is 67.0 Å². The number of amides is 4. The van der Waals surface area contributed by atoms with E-state index < -0.39 is 17.3 Å². The molecule has 0 bridgehead atoms. The number of carbonyl (C=O) groups excluding carboxylic acids is 3. The molecule has 58 heavy (non-hydrogen) atoms. The SMILES string of the molecule is N#Cc1ccc(O[C@H]2CC[C@H](NC(=O)c3ccc(N4CCC(CN5CCC(n6ccc7c(N8CCC(=O)NC8=O)cccc76)CC5)CC4)nc3)CC2)cc1C(F)(F)F. The number of nitrogens with one attached hydrogen (secondary N) is 2. The molecule has 2 aromatic carbocycles. The van der Waals surface area contributed by atoms with Crippen molar-refractivity contribution in [3.8, 4) is 11.8 Å². The Morgan fingerprint density at radius 3 is 2.40 bits per heavy atom. The summed E-state index contributed by atoms with van der Waals surface area (Å²) in [5.41, 5.74) is 0.986. The van der Waals surface area contributed by atoms with Crippen molar-refractivity contribution in [2.24, 2.45) is 5.92 Å². The summed E-state index contributed by atoms with van der Waals surface area (Å²) < 4.78 is 48.3. The van der Waals surface area contributed by atoms with Crippen LogP contribution in [0, 0.1) is 17.2 Å². The lowest BCUT2D eigenvalue weighted by atomic mass is 9.92. The molecule has 2 aromatic heterocycles. The molecular weight excluding hydrogens is 750 g/mol. The van der Waals surface area contributed by atoms with Crippen LogP contribution in [0.25, 0.3) is 10.9 Å². The van der Waals surface area contributed by atoms with E-state index >= 15 is 0 Å². The van der Waals surface area contributed by atoms with Crippen LogP contribution in [0.2, 0.25) is 0 Å². The Hall–Kier alpha value is -5.62. The second-order valence-corrected chi connectivity index (χ2v) is 15.9. The molecule has 2 N–H and O–H groups in total. The second-order valence-electron chi connectivity index (χ2n) is 15.9. The maximum Gasteiger partial charge on any atom is 0.417 e. The maximum atomic E-state index is 13.4. The molecule has 0 spiro atoms. The summed E-state index contributed by atoms with van der Waals surface area (Å²) in [5, 5.41) is 15.6. The van der Waals surface area contributed by atoms with Crippen molar-refractivity contribution >= 4 is 40.3 Å². The summed E-state index contributed by atoms with van der Waals surface area (Å²) in [4.78, 5) is 48.5. The van der Waals surface area contributed by atoms with E-state index in [0.29, 0.717) is 56.2 Å². The highest BCUT2D eigenvalue weighted by Gasteiger charge is 2.35. The molecule has 0 atom stereocenters. The first kappa shape index (κ1) is 39.2. The van der Waals surface area contributed by atoms with Gasteiger partial charge in [0.15, 0.2) is 0 Å². The van der Waals surface area contributed by atoms with E-state index in [9.17, 15) is 27.6 Å². The first-order chi connectivity index (χ1) is 28.0. The van der Waals surface area contributed by atoms with Crippen LogP contribution in [0.5, 0.6) is 5.75 Å². The van der Waals surface area contributed by atoms with Gasteiger partial charge in [-0.05, 0) is 106 Å². The van der Waals surface area contributed by atoms with E-state index in [1.807, 2.05) is 24.3 Å². The molecule has 1 saturated carbocycles. The molecule has 0 radical (unpaired) electrons. The van der Waals surface area contributed by atoms with Gasteiger partial charge in [-0.2, -0.15) is 18.4 Å². The summed E-state index contributed by atoms with van der Waals surface area (Å²) in [6, 6.07) is 16.8. The largest absolute Gasteiger partial charge is 0.490 e. The smallest absolute Gasteiger partial charge is 0.417 e. The van der Waals surface area contributed by atoms with Gasteiger partial charge in [0.25, 0.3) is 5.91 Å². The Bertz CT molecular complexity index is 2180. The molecule has 4 aliphatic rings. The summed E-state index contributed by atoms with van der Waals surface area (Å²) in [5.74, 6) is 1.12. The molecule has 4 fully saturated rings. The number of imide groups is 1. The number of ether oxygens (including phenoxy) is 1. The first-order valence-electron chi connectivity index (χ1n) is 20.3. The lowest BCUT2D eigenvalue weighted by molar-refractivity contribution is -0.138. The first-order valence-corrected chi connectivity index (χ1v) is 20.3. The number of urea groups is 1. The Morgan fingerprint density at radius 2 is 1.71 bits per heavy atom. The Labute approximate surface area is 334 Å². The van der Waals surface area contributed by atoms with E-state index in [2.05, 4.69) is 48.3 Å². The highest BCUT2D eigenvalue weighted by atomic mass is 19.4. The molecule has 304 valence electrons. The highest BCUT2D eigenvalue weighted by molar-refractivity contribution is 6.09. The highest BCUT2D eigenvalue weighted by Crippen LogP contribution is 2.36.